The molecular weight excluding hydrogens is 458 g/mol. The smallest absolute Gasteiger partial charge is 0.137 e. The van der Waals surface area contributed by atoms with Crippen molar-refractivity contribution in [3.05, 3.63) is 64.6 Å². The number of aromatic amines is 2. The summed E-state index contributed by atoms with van der Waals surface area (Å²) in [6.45, 7) is 9.48. The van der Waals surface area contributed by atoms with Crippen LogP contribution in [0, 0.1) is 0 Å². The van der Waals surface area contributed by atoms with Gasteiger partial charge in [0.2, 0.25) is 0 Å². The van der Waals surface area contributed by atoms with E-state index in [2.05, 4.69) is 81.8 Å². The van der Waals surface area contributed by atoms with Crippen LogP contribution in [-0.2, 0) is 6.42 Å². The van der Waals surface area contributed by atoms with Crippen LogP contribution in [0.25, 0.3) is 40.5 Å². The highest BCUT2D eigenvalue weighted by Gasteiger charge is 2.17. The van der Waals surface area contributed by atoms with Crippen LogP contribution in [0.3, 0.4) is 0 Å². The maximum absolute atomic E-state index is 4.74. The molecule has 5 heterocycles. The lowest BCUT2D eigenvalue weighted by Crippen LogP contribution is -2.30. The molecule has 0 unspecified atom stereocenters. The molecule has 5 rings (SSSR count). The van der Waals surface area contributed by atoms with E-state index in [9.17, 15) is 0 Å². The molecule has 0 aliphatic carbocycles. The Hall–Kier alpha value is -3.71. The first-order valence-electron chi connectivity index (χ1n) is 13.3. The molecule has 1 aliphatic heterocycles. The highest BCUT2D eigenvalue weighted by atomic mass is 15.2. The number of aryl methyl sites for hydroxylation is 1. The van der Waals surface area contributed by atoms with Crippen molar-refractivity contribution >= 4 is 34.9 Å². The molecule has 1 fully saturated rings. The van der Waals surface area contributed by atoms with Gasteiger partial charge in [0.05, 0.1) is 16.6 Å². The summed E-state index contributed by atoms with van der Waals surface area (Å²) in [6.07, 6.45) is 15.9. The van der Waals surface area contributed by atoms with E-state index in [1.54, 1.807) is 0 Å². The predicted molar refractivity (Wildman–Crippen MR) is 154 cm³/mol. The molecule has 0 amide bonds. The van der Waals surface area contributed by atoms with Gasteiger partial charge in [0, 0.05) is 42.3 Å². The van der Waals surface area contributed by atoms with E-state index in [1.807, 2.05) is 24.7 Å². The molecule has 1 saturated heterocycles. The molecule has 7 nitrogen and oxygen atoms in total. The lowest BCUT2D eigenvalue weighted by Gasteiger charge is -2.28. The third-order valence-corrected chi connectivity index (χ3v) is 7.13. The molecule has 1 aliphatic rings. The molecular formula is C30H37N7. The van der Waals surface area contributed by atoms with Gasteiger partial charge < -0.3 is 14.8 Å². The second kappa shape index (κ2) is 11.1. The van der Waals surface area contributed by atoms with Crippen molar-refractivity contribution in [3.63, 3.8) is 0 Å². The van der Waals surface area contributed by atoms with Gasteiger partial charge in [0.25, 0.3) is 0 Å². The number of aromatic nitrogens is 5. The first kappa shape index (κ1) is 25.0. The van der Waals surface area contributed by atoms with Crippen LogP contribution in [0.2, 0.25) is 0 Å². The molecule has 0 atom stereocenters. The van der Waals surface area contributed by atoms with E-state index in [-0.39, 0.29) is 0 Å². The molecule has 0 radical (unpaired) electrons. The minimum Gasteiger partial charge on any atom is -0.356 e. The van der Waals surface area contributed by atoms with Gasteiger partial charge in [-0.05, 0) is 101 Å². The minimum atomic E-state index is 0.789. The molecule has 0 spiro atoms. The Morgan fingerprint density at radius 3 is 2.78 bits per heavy atom. The number of nitrogens with one attached hydrogen (secondary N) is 2. The maximum atomic E-state index is 4.74. The molecule has 2 N–H and O–H groups in total. The number of rotatable bonds is 8. The second-order valence-electron chi connectivity index (χ2n) is 10.2. The van der Waals surface area contributed by atoms with Crippen molar-refractivity contribution in [2.24, 2.45) is 0 Å². The van der Waals surface area contributed by atoms with Crippen LogP contribution >= 0.6 is 0 Å². The van der Waals surface area contributed by atoms with Gasteiger partial charge in [-0.3, -0.25) is 10.1 Å². The average Bonchev–Trinajstić information content (AvgIpc) is 3.50. The Bertz CT molecular complexity index is 1500. The first-order valence-corrected chi connectivity index (χ1v) is 13.3. The summed E-state index contributed by atoms with van der Waals surface area (Å²) in [4.78, 5) is 17.5. The fraction of sp³-hybridized carbons (Fsp3) is 0.367. The van der Waals surface area contributed by atoms with Gasteiger partial charge in [-0.15, -0.1) is 0 Å². The van der Waals surface area contributed by atoms with E-state index in [1.165, 1.54) is 24.8 Å². The van der Waals surface area contributed by atoms with E-state index in [4.69, 9.17) is 4.98 Å². The van der Waals surface area contributed by atoms with Gasteiger partial charge in [-0.1, -0.05) is 12.7 Å². The van der Waals surface area contributed by atoms with Crippen molar-refractivity contribution in [3.8, 4) is 11.4 Å². The van der Waals surface area contributed by atoms with Crippen molar-refractivity contribution in [2.75, 3.05) is 38.6 Å². The Labute approximate surface area is 218 Å². The quantitative estimate of drug-likeness (QED) is 0.384. The van der Waals surface area contributed by atoms with Crippen LogP contribution in [0.4, 0.5) is 5.82 Å². The molecule has 4 aromatic heterocycles. The van der Waals surface area contributed by atoms with Crippen molar-refractivity contribution in [1.82, 2.24) is 30.0 Å². The van der Waals surface area contributed by atoms with E-state index < -0.39 is 0 Å². The number of pyridine rings is 2. The number of fused-ring (bicyclic) bond motifs is 1. The van der Waals surface area contributed by atoms with Crippen molar-refractivity contribution in [1.29, 1.82) is 0 Å². The highest BCUT2D eigenvalue weighted by molar-refractivity contribution is 5.95. The topological polar surface area (TPSA) is 76.7 Å². The van der Waals surface area contributed by atoms with Gasteiger partial charge >= 0.3 is 0 Å². The molecule has 4 aromatic rings. The monoisotopic (exact) mass is 495 g/mol. The Morgan fingerprint density at radius 2 is 2.00 bits per heavy atom. The van der Waals surface area contributed by atoms with Gasteiger partial charge in [-0.2, -0.15) is 5.10 Å². The van der Waals surface area contributed by atoms with E-state index >= 15 is 0 Å². The van der Waals surface area contributed by atoms with Crippen LogP contribution < -0.4 is 15.5 Å². The van der Waals surface area contributed by atoms with Crippen molar-refractivity contribution in [2.45, 2.75) is 39.0 Å². The van der Waals surface area contributed by atoms with Crippen LogP contribution in [-0.4, -0.2) is 63.8 Å². The minimum absolute atomic E-state index is 0.789. The van der Waals surface area contributed by atoms with Gasteiger partial charge in [-0.25, -0.2) is 4.98 Å². The van der Waals surface area contributed by atoms with Gasteiger partial charge in [0.1, 0.15) is 11.5 Å². The predicted octanol–water partition coefficient (Wildman–Crippen LogP) is 4.13. The fourth-order valence-corrected chi connectivity index (χ4v) is 5.14. The average molecular weight is 496 g/mol. The lowest BCUT2D eigenvalue weighted by atomic mass is 10.0. The lowest BCUT2D eigenvalue weighted by molar-refractivity contribution is 0.400. The number of piperidine rings is 1. The second-order valence-corrected chi connectivity index (χ2v) is 10.2. The standard InChI is InChI=1S/C30H37N7/c1-5-23(24-16-22(19-31-20-24)10-9-13-36(3)4)17-25-21(2)34-35-29(25)28-18-26-27(33-28)11-12-32-30(26)37-14-7-6-8-15-37/h5,11-12,16-20,33-34H,2,6-10,13-15H2,1,3-4H3/b23-5+,25-17+. The molecule has 192 valence electrons. The SMILES string of the molecule is C=c1[nH]nc(-c2cc3c(N4CCCCC4)nccc3[nH]2)/c1=C/C(=C\C)c1cncc(CCCN(C)C)c1. The molecule has 0 bridgehead atoms. The summed E-state index contributed by atoms with van der Waals surface area (Å²) in [5.41, 5.74) is 6.35. The molecule has 0 aromatic carbocycles. The third kappa shape index (κ3) is 5.52. The van der Waals surface area contributed by atoms with Crippen LogP contribution in [0.1, 0.15) is 43.7 Å². The fourth-order valence-electron chi connectivity index (χ4n) is 5.14. The number of nitrogens with zero attached hydrogens (tertiary/aromatic N) is 5. The molecule has 7 heteroatoms. The zero-order chi connectivity index (χ0) is 25.8. The number of hydrogen-bond acceptors (Lipinski definition) is 5. The van der Waals surface area contributed by atoms with E-state index in [0.29, 0.717) is 0 Å². The summed E-state index contributed by atoms with van der Waals surface area (Å²) in [6, 6.07) is 6.47. The third-order valence-electron chi connectivity index (χ3n) is 7.13. The Morgan fingerprint density at radius 1 is 1.16 bits per heavy atom. The molecule has 0 saturated carbocycles. The summed E-state index contributed by atoms with van der Waals surface area (Å²) in [7, 11) is 4.22. The maximum Gasteiger partial charge on any atom is 0.137 e. The first-order chi connectivity index (χ1) is 18.0. The zero-order valence-electron chi connectivity index (χ0n) is 22.2. The normalized spacial score (nSPS) is 15.3. The largest absolute Gasteiger partial charge is 0.356 e. The number of hydrogen-bond donors (Lipinski definition) is 2. The summed E-state index contributed by atoms with van der Waals surface area (Å²) >= 11 is 0. The zero-order valence-corrected chi connectivity index (χ0v) is 22.2. The summed E-state index contributed by atoms with van der Waals surface area (Å²) < 4.78 is 0. The van der Waals surface area contributed by atoms with Crippen molar-refractivity contribution < 1.29 is 0 Å². The highest BCUT2D eigenvalue weighted by Crippen LogP contribution is 2.30. The number of allylic oxidation sites excluding steroid dienone is 2. The molecule has 37 heavy (non-hydrogen) atoms. The van der Waals surface area contributed by atoms with Crippen LogP contribution in [0.15, 0.2) is 42.9 Å². The summed E-state index contributed by atoms with van der Waals surface area (Å²) in [5.74, 6) is 1.06. The van der Waals surface area contributed by atoms with E-state index in [0.717, 1.165) is 82.3 Å². The Balaban J connectivity index is 1.50. The Kier molecular flexibility index (Phi) is 7.51. The number of H-pyrrole nitrogens is 2. The van der Waals surface area contributed by atoms with Crippen LogP contribution in [0.5, 0.6) is 0 Å². The number of anilines is 1. The summed E-state index contributed by atoms with van der Waals surface area (Å²) in [5, 5.41) is 10.7. The van der Waals surface area contributed by atoms with Gasteiger partial charge in [0.15, 0.2) is 0 Å².